The van der Waals surface area contributed by atoms with Gasteiger partial charge in [-0.15, -0.1) is 12.4 Å². The van der Waals surface area contributed by atoms with Crippen LogP contribution in [0, 0.1) is 5.82 Å². The summed E-state index contributed by atoms with van der Waals surface area (Å²) in [6, 6.07) is 3.05. The van der Waals surface area contributed by atoms with Gasteiger partial charge in [0.15, 0.2) is 0 Å². The van der Waals surface area contributed by atoms with E-state index in [4.69, 9.17) is 0 Å². The molecule has 32 heavy (non-hydrogen) atoms. The van der Waals surface area contributed by atoms with Gasteiger partial charge >= 0.3 is 0 Å². The standard InChI is InChI=1S/C23H34FN5O2.ClH/c1-5-27(6-2)9-8-25-23(31)18-16-28(7-3)20-15-21(19(24)14-17(20)22(18)30)29-12-10-26(4)11-13-29;/h14-16H,5-13H2,1-4H3,(H,25,31);1H. The minimum absolute atomic E-state index is 0. The monoisotopic (exact) mass is 467 g/mol. The summed E-state index contributed by atoms with van der Waals surface area (Å²) in [4.78, 5) is 32.2. The highest BCUT2D eigenvalue weighted by molar-refractivity contribution is 5.97. The number of nitrogens with zero attached hydrogens (tertiary/aromatic N) is 4. The number of carbonyl (C=O) groups is 1. The number of hydrogen-bond acceptors (Lipinski definition) is 5. The van der Waals surface area contributed by atoms with Crippen molar-refractivity contribution in [3.05, 3.63) is 39.9 Å². The molecule has 1 aromatic heterocycles. The maximum Gasteiger partial charge on any atom is 0.256 e. The Morgan fingerprint density at radius 1 is 1.12 bits per heavy atom. The molecule has 1 N–H and O–H groups in total. The van der Waals surface area contributed by atoms with Crippen molar-refractivity contribution >= 4 is 34.9 Å². The number of aromatic nitrogens is 1. The van der Waals surface area contributed by atoms with E-state index in [0.717, 1.165) is 45.8 Å². The van der Waals surface area contributed by atoms with Crippen molar-refractivity contribution in [1.82, 2.24) is 19.7 Å². The van der Waals surface area contributed by atoms with Crippen LogP contribution in [0.25, 0.3) is 10.9 Å². The van der Waals surface area contributed by atoms with E-state index in [2.05, 4.69) is 36.0 Å². The molecule has 1 amide bonds. The summed E-state index contributed by atoms with van der Waals surface area (Å²) in [5.41, 5.74) is 0.797. The fourth-order valence-electron chi connectivity index (χ4n) is 4.08. The number of fused-ring (bicyclic) bond motifs is 1. The Balaban J connectivity index is 0.00000363. The quantitative estimate of drug-likeness (QED) is 0.646. The van der Waals surface area contributed by atoms with E-state index in [1.807, 2.05) is 16.4 Å². The first-order valence-electron chi connectivity index (χ1n) is 11.2. The molecule has 3 rings (SSSR count). The van der Waals surface area contributed by atoms with E-state index in [9.17, 15) is 9.59 Å². The lowest BCUT2D eigenvalue weighted by Crippen LogP contribution is -2.44. The van der Waals surface area contributed by atoms with Gasteiger partial charge in [0, 0.05) is 57.4 Å². The van der Waals surface area contributed by atoms with Crippen molar-refractivity contribution in [2.24, 2.45) is 0 Å². The van der Waals surface area contributed by atoms with Crippen LogP contribution in [0.1, 0.15) is 31.1 Å². The Kier molecular flexibility index (Phi) is 9.48. The smallest absolute Gasteiger partial charge is 0.256 e. The van der Waals surface area contributed by atoms with E-state index in [1.165, 1.54) is 6.07 Å². The summed E-state index contributed by atoms with van der Waals surface area (Å²) in [5, 5.41) is 3.08. The molecule has 0 unspecified atom stereocenters. The maximum absolute atomic E-state index is 15.0. The molecule has 178 valence electrons. The second-order valence-electron chi connectivity index (χ2n) is 8.05. The second-order valence-corrected chi connectivity index (χ2v) is 8.05. The number of nitrogens with one attached hydrogen (secondary N) is 1. The number of anilines is 1. The molecule has 0 bridgehead atoms. The third kappa shape index (κ3) is 5.60. The van der Waals surface area contributed by atoms with Crippen LogP contribution < -0.4 is 15.6 Å². The first-order chi connectivity index (χ1) is 14.9. The summed E-state index contributed by atoms with van der Waals surface area (Å²) in [5.74, 6) is -0.833. The highest BCUT2D eigenvalue weighted by Crippen LogP contribution is 2.26. The van der Waals surface area contributed by atoms with Gasteiger partial charge in [0.1, 0.15) is 11.4 Å². The molecule has 0 radical (unpaired) electrons. The molecule has 0 spiro atoms. The Morgan fingerprint density at radius 2 is 1.78 bits per heavy atom. The van der Waals surface area contributed by atoms with Gasteiger partial charge in [0.25, 0.3) is 5.91 Å². The van der Waals surface area contributed by atoms with Crippen LogP contribution in [0.15, 0.2) is 23.1 Å². The maximum atomic E-state index is 15.0. The largest absolute Gasteiger partial charge is 0.367 e. The third-order valence-corrected chi connectivity index (χ3v) is 6.19. The number of carbonyl (C=O) groups excluding carboxylic acids is 1. The van der Waals surface area contributed by atoms with Crippen molar-refractivity contribution in [3.8, 4) is 0 Å². The fraction of sp³-hybridized carbons (Fsp3) is 0.565. The van der Waals surface area contributed by atoms with E-state index in [0.29, 0.717) is 24.3 Å². The van der Waals surface area contributed by atoms with Crippen LogP contribution in [-0.2, 0) is 6.54 Å². The van der Waals surface area contributed by atoms with E-state index < -0.39 is 17.2 Å². The summed E-state index contributed by atoms with van der Waals surface area (Å²) in [7, 11) is 2.05. The Hall–Kier alpha value is -2.16. The third-order valence-electron chi connectivity index (χ3n) is 6.19. The fourth-order valence-corrected chi connectivity index (χ4v) is 4.08. The van der Waals surface area contributed by atoms with Crippen LogP contribution in [0.5, 0.6) is 0 Å². The number of halogens is 2. The van der Waals surface area contributed by atoms with Crippen LogP contribution >= 0.6 is 12.4 Å². The first kappa shape index (κ1) is 26.1. The SMILES string of the molecule is CCN(CC)CCNC(=O)c1cn(CC)c2cc(N3CCN(C)CC3)c(F)cc2c1=O.Cl. The first-order valence-corrected chi connectivity index (χ1v) is 11.2. The summed E-state index contributed by atoms with van der Waals surface area (Å²) in [6.45, 7) is 12.9. The average Bonchev–Trinajstić information content (AvgIpc) is 2.77. The molecule has 0 atom stereocenters. The molecule has 9 heteroatoms. The van der Waals surface area contributed by atoms with Gasteiger partial charge in [-0.1, -0.05) is 13.8 Å². The van der Waals surface area contributed by atoms with E-state index in [-0.39, 0.29) is 23.4 Å². The van der Waals surface area contributed by atoms with Gasteiger partial charge < -0.3 is 24.6 Å². The molecular weight excluding hydrogens is 433 g/mol. The number of piperazine rings is 1. The second kappa shape index (κ2) is 11.6. The van der Waals surface area contributed by atoms with Crippen LogP contribution in [0.3, 0.4) is 0 Å². The zero-order valence-electron chi connectivity index (χ0n) is 19.5. The molecule has 2 heterocycles. The molecule has 0 saturated carbocycles. The van der Waals surface area contributed by atoms with Crippen LogP contribution in [-0.4, -0.2) is 79.7 Å². The molecular formula is C23H35ClFN5O2. The predicted molar refractivity (Wildman–Crippen MR) is 131 cm³/mol. The molecule has 1 fully saturated rings. The van der Waals surface area contributed by atoms with Gasteiger partial charge in [-0.2, -0.15) is 0 Å². The minimum atomic E-state index is -0.427. The number of rotatable bonds is 8. The van der Waals surface area contributed by atoms with E-state index in [1.54, 1.807) is 12.3 Å². The average molecular weight is 468 g/mol. The molecule has 1 aliphatic heterocycles. The van der Waals surface area contributed by atoms with Crippen molar-refractivity contribution in [2.45, 2.75) is 27.3 Å². The molecule has 1 aromatic carbocycles. The van der Waals surface area contributed by atoms with Crippen molar-refractivity contribution in [2.75, 3.05) is 64.3 Å². The zero-order chi connectivity index (χ0) is 22.5. The predicted octanol–water partition coefficient (Wildman–Crippen LogP) is 2.41. The van der Waals surface area contributed by atoms with Gasteiger partial charge in [-0.25, -0.2) is 4.39 Å². The topological polar surface area (TPSA) is 60.8 Å². The lowest BCUT2D eigenvalue weighted by molar-refractivity contribution is 0.0947. The zero-order valence-corrected chi connectivity index (χ0v) is 20.3. The molecule has 0 aliphatic carbocycles. The molecule has 7 nitrogen and oxygen atoms in total. The minimum Gasteiger partial charge on any atom is -0.367 e. The highest BCUT2D eigenvalue weighted by atomic mass is 35.5. The van der Waals surface area contributed by atoms with Gasteiger partial charge in [-0.05, 0) is 39.2 Å². The summed E-state index contributed by atoms with van der Waals surface area (Å²) < 4.78 is 16.9. The normalized spacial score (nSPS) is 14.6. The van der Waals surface area contributed by atoms with Gasteiger partial charge in [0.05, 0.1) is 11.2 Å². The Morgan fingerprint density at radius 3 is 2.38 bits per heavy atom. The van der Waals surface area contributed by atoms with E-state index >= 15 is 4.39 Å². The number of hydrogen-bond donors (Lipinski definition) is 1. The molecule has 2 aromatic rings. The summed E-state index contributed by atoms with van der Waals surface area (Å²) in [6.07, 6.45) is 1.60. The number of likely N-dealkylation sites (N-methyl/N-ethyl adjacent to an activating group) is 2. The number of benzene rings is 1. The van der Waals surface area contributed by atoms with Gasteiger partial charge in [0.2, 0.25) is 5.43 Å². The number of pyridine rings is 1. The molecule has 1 aliphatic rings. The number of amides is 1. The lowest BCUT2D eigenvalue weighted by Gasteiger charge is -2.34. The van der Waals surface area contributed by atoms with Gasteiger partial charge in [-0.3, -0.25) is 9.59 Å². The number of aryl methyl sites for hydroxylation is 1. The van der Waals surface area contributed by atoms with Crippen molar-refractivity contribution in [3.63, 3.8) is 0 Å². The summed E-state index contributed by atoms with van der Waals surface area (Å²) >= 11 is 0. The molecule has 1 saturated heterocycles. The lowest BCUT2D eigenvalue weighted by atomic mass is 10.1. The Bertz CT molecular complexity index is 984. The van der Waals surface area contributed by atoms with Crippen molar-refractivity contribution < 1.29 is 9.18 Å². The van der Waals surface area contributed by atoms with Crippen LogP contribution in [0.4, 0.5) is 10.1 Å². The van der Waals surface area contributed by atoms with Crippen LogP contribution in [0.2, 0.25) is 0 Å². The Labute approximate surface area is 195 Å². The van der Waals surface area contributed by atoms with Crippen molar-refractivity contribution in [1.29, 1.82) is 0 Å². The highest BCUT2D eigenvalue weighted by Gasteiger charge is 2.21.